The van der Waals surface area contributed by atoms with Crippen LogP contribution in [0.25, 0.3) is 0 Å². The second-order valence-corrected chi connectivity index (χ2v) is 6.76. The third kappa shape index (κ3) is 3.77. The predicted octanol–water partition coefficient (Wildman–Crippen LogP) is 3.98. The first-order valence-electron chi connectivity index (χ1n) is 7.89. The van der Waals surface area contributed by atoms with Crippen molar-refractivity contribution in [2.24, 2.45) is 0 Å². The Bertz CT molecular complexity index is 884. The Morgan fingerprint density at radius 2 is 1.68 bits per heavy atom. The first-order valence-corrected chi connectivity index (χ1v) is 8.68. The summed E-state index contributed by atoms with van der Waals surface area (Å²) in [5, 5.41) is 0. The van der Waals surface area contributed by atoms with Gasteiger partial charge in [0.1, 0.15) is 0 Å². The third-order valence-corrected chi connectivity index (χ3v) is 4.68. The van der Waals surface area contributed by atoms with Gasteiger partial charge < -0.3 is 4.90 Å². The van der Waals surface area contributed by atoms with Crippen LogP contribution in [0, 0.1) is 0 Å². The maximum Gasteiger partial charge on any atom is 0.251 e. The van der Waals surface area contributed by atoms with Gasteiger partial charge in [0.15, 0.2) is 11.6 Å². The van der Waals surface area contributed by atoms with Crippen molar-refractivity contribution >= 4 is 39.1 Å². The minimum atomic E-state index is -0.236. The molecule has 0 bridgehead atoms. The highest BCUT2D eigenvalue weighted by atomic mass is 79.9. The second kappa shape index (κ2) is 7.15. The first kappa shape index (κ1) is 17.3. The van der Waals surface area contributed by atoms with Gasteiger partial charge in [-0.15, -0.1) is 0 Å². The third-order valence-electron chi connectivity index (χ3n) is 4.15. The van der Waals surface area contributed by atoms with Crippen LogP contribution in [0.1, 0.15) is 33.2 Å². The summed E-state index contributed by atoms with van der Waals surface area (Å²) < 4.78 is 0.891. The van der Waals surface area contributed by atoms with Gasteiger partial charge in [-0.2, -0.15) is 0 Å². The summed E-state index contributed by atoms with van der Waals surface area (Å²) >= 11 is 3.32. The van der Waals surface area contributed by atoms with E-state index >= 15 is 0 Å². The summed E-state index contributed by atoms with van der Waals surface area (Å²) in [6.45, 7) is 2.07. The number of hydrogen-bond donors (Lipinski definition) is 0. The summed E-state index contributed by atoms with van der Waals surface area (Å²) in [6.07, 6.45) is 3.31. The lowest BCUT2D eigenvalue weighted by Crippen LogP contribution is -2.27. The Morgan fingerprint density at radius 3 is 2.36 bits per heavy atom. The number of anilines is 1. The van der Waals surface area contributed by atoms with Crippen molar-refractivity contribution < 1.29 is 14.4 Å². The van der Waals surface area contributed by atoms with E-state index in [-0.39, 0.29) is 17.5 Å². The summed E-state index contributed by atoms with van der Waals surface area (Å²) in [4.78, 5) is 37.7. The Morgan fingerprint density at radius 1 is 1.00 bits per heavy atom. The number of rotatable bonds is 4. The normalized spacial score (nSPS) is 13.1. The van der Waals surface area contributed by atoms with E-state index in [1.807, 2.05) is 6.07 Å². The zero-order valence-electron chi connectivity index (χ0n) is 13.7. The molecule has 0 unspecified atom stereocenters. The molecular formula is C20H16BrNO3. The largest absolute Gasteiger partial charge is 0.308 e. The molecule has 1 amide bonds. The monoisotopic (exact) mass is 397 g/mol. The highest BCUT2D eigenvalue weighted by Gasteiger charge is 2.23. The molecule has 5 heteroatoms. The van der Waals surface area contributed by atoms with E-state index in [2.05, 4.69) is 15.9 Å². The molecular weight excluding hydrogens is 382 g/mol. The summed E-state index contributed by atoms with van der Waals surface area (Å²) in [6, 6.07) is 12.3. The number of carbonyl (C=O) groups excluding carboxylic acids is 3. The quantitative estimate of drug-likeness (QED) is 0.578. The van der Waals surface area contributed by atoms with Crippen LogP contribution in [0.3, 0.4) is 0 Å². The average Bonchev–Trinajstić information content (AvgIpc) is 3.03. The fraction of sp³-hybridized carbons (Fsp3) is 0.150. The van der Waals surface area contributed by atoms with E-state index < -0.39 is 0 Å². The number of allylic oxidation sites excluding steroid dienone is 1. The number of amides is 1. The van der Waals surface area contributed by atoms with Gasteiger partial charge in [-0.1, -0.05) is 15.9 Å². The van der Waals surface area contributed by atoms with E-state index in [0.717, 1.165) is 15.7 Å². The Balaban J connectivity index is 1.74. The molecule has 1 aliphatic heterocycles. The molecule has 0 saturated heterocycles. The number of Topliss-reactive ketones (excluding diaryl/α,β-unsaturated/α-hetero) is 1. The molecule has 2 aromatic rings. The molecule has 0 aromatic heterocycles. The van der Waals surface area contributed by atoms with Crippen molar-refractivity contribution in [2.75, 3.05) is 11.4 Å². The van der Waals surface area contributed by atoms with E-state index in [1.165, 1.54) is 19.1 Å². The van der Waals surface area contributed by atoms with Crippen LogP contribution in [0.5, 0.6) is 0 Å². The van der Waals surface area contributed by atoms with Gasteiger partial charge in [0.2, 0.25) is 0 Å². The van der Waals surface area contributed by atoms with Crippen LogP contribution >= 0.6 is 15.9 Å². The molecule has 0 saturated carbocycles. The van der Waals surface area contributed by atoms with Gasteiger partial charge in [0.25, 0.3) is 5.91 Å². The first-order chi connectivity index (χ1) is 12.0. The van der Waals surface area contributed by atoms with E-state index in [4.69, 9.17) is 0 Å². The van der Waals surface area contributed by atoms with Crippen LogP contribution in [0.2, 0.25) is 0 Å². The number of fused-ring (bicyclic) bond motifs is 1. The average molecular weight is 398 g/mol. The number of halogens is 1. The summed E-state index contributed by atoms with van der Waals surface area (Å²) in [7, 11) is 0. The van der Waals surface area contributed by atoms with Crippen LogP contribution < -0.4 is 4.90 Å². The van der Waals surface area contributed by atoms with Crippen LogP contribution in [-0.4, -0.2) is 24.0 Å². The molecule has 4 nitrogen and oxygen atoms in total. The molecule has 0 aliphatic carbocycles. The van der Waals surface area contributed by atoms with Gasteiger partial charge in [-0.25, -0.2) is 0 Å². The van der Waals surface area contributed by atoms with Crippen molar-refractivity contribution in [2.45, 2.75) is 13.3 Å². The van der Waals surface area contributed by atoms with Gasteiger partial charge >= 0.3 is 0 Å². The molecule has 0 N–H and O–H groups in total. The maximum absolute atomic E-state index is 12.4. The lowest BCUT2D eigenvalue weighted by Gasteiger charge is -2.15. The Kier molecular flexibility index (Phi) is 4.95. The van der Waals surface area contributed by atoms with Crippen molar-refractivity contribution in [3.05, 3.63) is 75.8 Å². The second-order valence-electron chi connectivity index (χ2n) is 5.84. The molecule has 0 atom stereocenters. The van der Waals surface area contributed by atoms with Crippen molar-refractivity contribution in [1.29, 1.82) is 0 Å². The Labute approximate surface area is 154 Å². The summed E-state index contributed by atoms with van der Waals surface area (Å²) in [5.41, 5.74) is 2.96. The Hall–Kier alpha value is -2.53. The molecule has 0 spiro atoms. The topological polar surface area (TPSA) is 54.5 Å². The van der Waals surface area contributed by atoms with Crippen molar-refractivity contribution in [3.8, 4) is 0 Å². The molecule has 126 valence electrons. The zero-order valence-corrected chi connectivity index (χ0v) is 15.2. The summed E-state index contributed by atoms with van der Waals surface area (Å²) in [5.74, 6) is -0.445. The number of carbonyl (C=O) groups is 3. The smallest absolute Gasteiger partial charge is 0.251 e. The SMILES string of the molecule is CC(=O)c1ccc2c(c1)CCN2C(=O)/C=C/C(=O)c1ccc(Br)cc1. The molecule has 1 aliphatic rings. The highest BCUT2D eigenvalue weighted by Crippen LogP contribution is 2.29. The number of hydrogen-bond acceptors (Lipinski definition) is 3. The molecule has 25 heavy (non-hydrogen) atoms. The molecule has 3 rings (SSSR count). The zero-order chi connectivity index (χ0) is 18.0. The predicted molar refractivity (Wildman–Crippen MR) is 100 cm³/mol. The van der Waals surface area contributed by atoms with E-state index in [9.17, 15) is 14.4 Å². The lowest BCUT2D eigenvalue weighted by atomic mass is 10.1. The van der Waals surface area contributed by atoms with E-state index in [1.54, 1.807) is 41.3 Å². The molecule has 2 aromatic carbocycles. The maximum atomic E-state index is 12.4. The fourth-order valence-corrected chi connectivity index (χ4v) is 3.06. The van der Waals surface area contributed by atoms with Crippen LogP contribution in [0.4, 0.5) is 5.69 Å². The molecule has 0 radical (unpaired) electrons. The van der Waals surface area contributed by atoms with Crippen molar-refractivity contribution in [3.63, 3.8) is 0 Å². The number of nitrogens with zero attached hydrogens (tertiary/aromatic N) is 1. The van der Waals surface area contributed by atoms with Gasteiger partial charge in [0.05, 0.1) is 0 Å². The van der Waals surface area contributed by atoms with Gasteiger partial charge in [0, 0.05) is 33.9 Å². The minimum Gasteiger partial charge on any atom is -0.308 e. The minimum absolute atomic E-state index is 0.00701. The lowest BCUT2D eigenvalue weighted by molar-refractivity contribution is -0.114. The van der Waals surface area contributed by atoms with E-state index in [0.29, 0.717) is 24.1 Å². The molecule has 1 heterocycles. The van der Waals surface area contributed by atoms with Crippen molar-refractivity contribution in [1.82, 2.24) is 0 Å². The fourth-order valence-electron chi connectivity index (χ4n) is 2.80. The number of benzene rings is 2. The standard InChI is InChI=1S/C20H16BrNO3/c1-13(23)15-4-7-18-16(12-15)10-11-22(18)20(25)9-8-19(24)14-2-5-17(21)6-3-14/h2-9,12H,10-11H2,1H3/b9-8+. The van der Waals surface area contributed by atoms with Gasteiger partial charge in [-0.3, -0.25) is 14.4 Å². The van der Waals surface area contributed by atoms with Gasteiger partial charge in [-0.05, 0) is 67.4 Å². The number of ketones is 2. The van der Waals surface area contributed by atoms with Crippen LogP contribution in [-0.2, 0) is 11.2 Å². The van der Waals surface area contributed by atoms with Crippen LogP contribution in [0.15, 0.2) is 59.1 Å². The highest BCUT2D eigenvalue weighted by molar-refractivity contribution is 9.10. The molecule has 0 fully saturated rings.